The molecule has 0 aliphatic carbocycles. The summed E-state index contributed by atoms with van der Waals surface area (Å²) < 4.78 is 55.1. The minimum Gasteiger partial charge on any atom is -0.508 e. The number of hydrogen-bond acceptors (Lipinski definition) is 5. The van der Waals surface area contributed by atoms with Gasteiger partial charge in [-0.05, 0) is 61.6 Å². The number of rotatable bonds is 6. The van der Waals surface area contributed by atoms with Crippen molar-refractivity contribution in [1.29, 1.82) is 0 Å². The van der Waals surface area contributed by atoms with Crippen molar-refractivity contribution in [3.8, 4) is 23.0 Å². The van der Waals surface area contributed by atoms with Gasteiger partial charge in [0.05, 0.1) is 5.57 Å². The Bertz CT molecular complexity index is 1190. The molecule has 0 amide bonds. The van der Waals surface area contributed by atoms with E-state index in [4.69, 9.17) is 9.47 Å². The van der Waals surface area contributed by atoms with Gasteiger partial charge in [-0.3, -0.25) is 0 Å². The normalized spacial score (nSPS) is 15.8. The minimum absolute atomic E-state index is 0.0595. The van der Waals surface area contributed by atoms with Gasteiger partial charge in [0.15, 0.2) is 6.10 Å². The van der Waals surface area contributed by atoms with E-state index in [1.165, 1.54) is 42.5 Å². The SMILES string of the molecule is CN(C)CCOc1ccc(C2Oc3cc(O)ccc3C(C(F)(F)F)=C2c2ccc(O)cc2)cc1. The largest absolute Gasteiger partial charge is 0.508 e. The average molecular weight is 471 g/mol. The Kier molecular flexibility index (Phi) is 6.43. The van der Waals surface area contributed by atoms with Crippen molar-refractivity contribution in [2.75, 3.05) is 27.2 Å². The van der Waals surface area contributed by atoms with E-state index in [0.29, 0.717) is 17.9 Å². The summed E-state index contributed by atoms with van der Waals surface area (Å²) >= 11 is 0. The molecule has 1 aliphatic rings. The van der Waals surface area contributed by atoms with Crippen LogP contribution < -0.4 is 9.47 Å². The van der Waals surface area contributed by atoms with Crippen molar-refractivity contribution in [3.05, 3.63) is 83.4 Å². The highest BCUT2D eigenvalue weighted by molar-refractivity contribution is 5.98. The molecule has 1 unspecified atom stereocenters. The maximum atomic E-state index is 14.4. The number of halogens is 3. The van der Waals surface area contributed by atoms with Crippen LogP contribution in [0.5, 0.6) is 23.0 Å². The summed E-state index contributed by atoms with van der Waals surface area (Å²) in [6, 6.07) is 15.8. The van der Waals surface area contributed by atoms with Crippen LogP contribution in [-0.4, -0.2) is 48.5 Å². The molecule has 0 bridgehead atoms. The number of hydrogen-bond donors (Lipinski definition) is 2. The fourth-order valence-electron chi connectivity index (χ4n) is 3.84. The molecular weight excluding hydrogens is 447 g/mol. The molecule has 0 saturated heterocycles. The van der Waals surface area contributed by atoms with Gasteiger partial charge in [-0.2, -0.15) is 13.2 Å². The molecule has 0 aromatic heterocycles. The number of likely N-dealkylation sites (N-methyl/N-ethyl adjacent to an activating group) is 1. The second-order valence-corrected chi connectivity index (χ2v) is 8.23. The first-order valence-corrected chi connectivity index (χ1v) is 10.6. The Morgan fingerprint density at radius 2 is 1.56 bits per heavy atom. The average Bonchev–Trinajstić information content (AvgIpc) is 2.78. The molecule has 0 fully saturated rings. The van der Waals surface area contributed by atoms with Crippen LogP contribution >= 0.6 is 0 Å². The summed E-state index contributed by atoms with van der Waals surface area (Å²) in [6.07, 6.45) is -5.80. The Morgan fingerprint density at radius 1 is 0.912 bits per heavy atom. The highest BCUT2D eigenvalue weighted by Gasteiger charge is 2.44. The zero-order valence-corrected chi connectivity index (χ0v) is 18.6. The van der Waals surface area contributed by atoms with E-state index in [1.54, 1.807) is 24.3 Å². The fraction of sp³-hybridized carbons (Fsp3) is 0.231. The van der Waals surface area contributed by atoms with Crippen molar-refractivity contribution in [2.45, 2.75) is 12.3 Å². The third-order valence-electron chi connectivity index (χ3n) is 5.46. The van der Waals surface area contributed by atoms with Crippen molar-refractivity contribution >= 4 is 11.1 Å². The van der Waals surface area contributed by atoms with E-state index < -0.39 is 17.9 Å². The lowest BCUT2D eigenvalue weighted by Gasteiger charge is -2.33. The van der Waals surface area contributed by atoms with Crippen molar-refractivity contribution in [1.82, 2.24) is 4.90 Å². The fourth-order valence-corrected chi connectivity index (χ4v) is 3.84. The lowest BCUT2D eigenvalue weighted by Crippen LogP contribution is -2.23. The second-order valence-electron chi connectivity index (χ2n) is 8.23. The van der Waals surface area contributed by atoms with Crippen molar-refractivity contribution < 1.29 is 32.9 Å². The summed E-state index contributed by atoms with van der Waals surface area (Å²) in [5.41, 5.74) is -0.338. The molecular formula is C26H24F3NO4. The van der Waals surface area contributed by atoms with Gasteiger partial charge in [-0.25, -0.2) is 0 Å². The van der Waals surface area contributed by atoms with E-state index in [-0.39, 0.29) is 33.9 Å². The van der Waals surface area contributed by atoms with Gasteiger partial charge in [-0.15, -0.1) is 0 Å². The summed E-state index contributed by atoms with van der Waals surface area (Å²) in [4.78, 5) is 1.98. The van der Waals surface area contributed by atoms with Crippen molar-refractivity contribution in [3.63, 3.8) is 0 Å². The number of fused-ring (bicyclic) bond motifs is 1. The molecule has 1 atom stereocenters. The second kappa shape index (κ2) is 9.30. The maximum absolute atomic E-state index is 14.4. The van der Waals surface area contributed by atoms with E-state index >= 15 is 0 Å². The quantitative estimate of drug-likeness (QED) is 0.487. The van der Waals surface area contributed by atoms with Gasteiger partial charge in [0.25, 0.3) is 0 Å². The molecule has 3 aromatic rings. The van der Waals surface area contributed by atoms with Crippen LogP contribution in [0.2, 0.25) is 0 Å². The van der Waals surface area contributed by atoms with E-state index in [0.717, 1.165) is 6.54 Å². The predicted molar refractivity (Wildman–Crippen MR) is 123 cm³/mol. The molecule has 5 nitrogen and oxygen atoms in total. The van der Waals surface area contributed by atoms with Crippen LogP contribution in [-0.2, 0) is 0 Å². The monoisotopic (exact) mass is 471 g/mol. The number of allylic oxidation sites excluding steroid dienone is 1. The van der Waals surface area contributed by atoms with Gasteiger partial charge >= 0.3 is 6.18 Å². The van der Waals surface area contributed by atoms with Crippen LogP contribution in [0.4, 0.5) is 13.2 Å². The van der Waals surface area contributed by atoms with Gasteiger partial charge in [0.2, 0.25) is 0 Å². The van der Waals surface area contributed by atoms with Crippen LogP contribution in [0.15, 0.2) is 66.7 Å². The number of ether oxygens (including phenoxy) is 2. The zero-order chi connectivity index (χ0) is 24.5. The van der Waals surface area contributed by atoms with Crippen LogP contribution in [0.1, 0.15) is 22.8 Å². The molecule has 8 heteroatoms. The summed E-state index contributed by atoms with van der Waals surface area (Å²) in [5.74, 6) is 0.268. The minimum atomic E-state index is -4.70. The first kappa shape index (κ1) is 23.5. The lowest BCUT2D eigenvalue weighted by atomic mass is 9.85. The summed E-state index contributed by atoms with van der Waals surface area (Å²) in [7, 11) is 3.86. The Balaban J connectivity index is 1.83. The molecule has 4 rings (SSSR count). The van der Waals surface area contributed by atoms with Crippen LogP contribution in [0.25, 0.3) is 11.1 Å². The van der Waals surface area contributed by atoms with Gasteiger partial charge in [-0.1, -0.05) is 24.3 Å². The number of phenols is 2. The van der Waals surface area contributed by atoms with Gasteiger partial charge in [0, 0.05) is 23.7 Å². The van der Waals surface area contributed by atoms with Crippen molar-refractivity contribution in [2.24, 2.45) is 0 Å². The zero-order valence-electron chi connectivity index (χ0n) is 18.6. The summed E-state index contributed by atoms with van der Waals surface area (Å²) in [5, 5.41) is 19.6. The number of aromatic hydroxyl groups is 2. The highest BCUT2D eigenvalue weighted by Crippen LogP contribution is 2.53. The smallest absolute Gasteiger partial charge is 0.417 e. The molecule has 0 saturated carbocycles. The third-order valence-corrected chi connectivity index (χ3v) is 5.46. The Labute approximate surface area is 195 Å². The summed E-state index contributed by atoms with van der Waals surface area (Å²) in [6.45, 7) is 1.19. The molecule has 1 aliphatic heterocycles. The number of alkyl halides is 3. The molecule has 2 N–H and O–H groups in total. The van der Waals surface area contributed by atoms with E-state index in [2.05, 4.69) is 0 Å². The van der Waals surface area contributed by atoms with Gasteiger partial charge < -0.3 is 24.6 Å². The number of nitrogens with zero attached hydrogens (tertiary/aromatic N) is 1. The van der Waals surface area contributed by atoms with Crippen LogP contribution in [0.3, 0.4) is 0 Å². The molecule has 0 spiro atoms. The highest BCUT2D eigenvalue weighted by atomic mass is 19.4. The van der Waals surface area contributed by atoms with Crippen LogP contribution in [0, 0.1) is 0 Å². The molecule has 3 aromatic carbocycles. The van der Waals surface area contributed by atoms with E-state index in [1.807, 2.05) is 19.0 Å². The Hall–Kier alpha value is -3.65. The Morgan fingerprint density at radius 3 is 2.18 bits per heavy atom. The first-order chi connectivity index (χ1) is 16.1. The lowest BCUT2D eigenvalue weighted by molar-refractivity contribution is -0.0695. The third kappa shape index (κ3) is 4.97. The first-order valence-electron chi connectivity index (χ1n) is 10.6. The predicted octanol–water partition coefficient (Wildman–Crippen LogP) is 5.65. The topological polar surface area (TPSA) is 62.2 Å². The molecule has 1 heterocycles. The molecule has 178 valence electrons. The molecule has 34 heavy (non-hydrogen) atoms. The number of phenolic OH excluding ortho intramolecular Hbond substituents is 2. The number of benzene rings is 3. The standard InChI is InChI=1S/C26H24F3NO4/c1-30(2)13-14-33-20-10-5-17(6-11-20)25-23(16-3-7-18(31)8-4-16)24(26(27,28)29)21-12-9-19(32)15-22(21)34-25/h3-12,15,25,31-32H,13-14H2,1-2H3. The molecule has 0 radical (unpaired) electrons. The van der Waals surface area contributed by atoms with E-state index in [9.17, 15) is 23.4 Å². The maximum Gasteiger partial charge on any atom is 0.417 e. The van der Waals surface area contributed by atoms with Gasteiger partial charge in [0.1, 0.15) is 29.6 Å².